The first-order valence-electron chi connectivity index (χ1n) is 6.78. The molecule has 1 unspecified atom stereocenters. The highest BCUT2D eigenvalue weighted by atomic mass is 35.5. The monoisotopic (exact) mass is 309 g/mol. The van der Waals surface area contributed by atoms with Gasteiger partial charge in [0.15, 0.2) is 0 Å². The molecule has 1 aromatic carbocycles. The maximum atomic E-state index is 9.39. The predicted molar refractivity (Wildman–Crippen MR) is 83.9 cm³/mol. The van der Waals surface area contributed by atoms with Gasteiger partial charge in [-0.15, -0.1) is 11.6 Å². The SMILES string of the molecule is Cc1c(COc2ccc(NCC(O)CCl)cc2)cnn1C. The Balaban J connectivity index is 1.86. The number of benzene rings is 1. The second-order valence-electron chi connectivity index (χ2n) is 4.88. The zero-order chi connectivity index (χ0) is 15.2. The highest BCUT2D eigenvalue weighted by Crippen LogP contribution is 2.18. The van der Waals surface area contributed by atoms with Gasteiger partial charge >= 0.3 is 0 Å². The quantitative estimate of drug-likeness (QED) is 0.771. The van der Waals surface area contributed by atoms with Crippen LogP contribution in [0.2, 0.25) is 0 Å². The highest BCUT2D eigenvalue weighted by molar-refractivity contribution is 6.18. The number of hydrogen-bond donors (Lipinski definition) is 2. The molecule has 0 aliphatic carbocycles. The number of halogens is 1. The maximum absolute atomic E-state index is 9.39. The molecule has 2 N–H and O–H groups in total. The van der Waals surface area contributed by atoms with Crippen LogP contribution in [0.3, 0.4) is 0 Å². The van der Waals surface area contributed by atoms with Gasteiger partial charge in [-0.1, -0.05) is 0 Å². The molecule has 0 aliphatic heterocycles. The molecule has 2 rings (SSSR count). The number of nitrogens with one attached hydrogen (secondary N) is 1. The fourth-order valence-electron chi connectivity index (χ4n) is 1.81. The number of ether oxygens (including phenoxy) is 1. The second-order valence-corrected chi connectivity index (χ2v) is 5.19. The largest absolute Gasteiger partial charge is 0.489 e. The van der Waals surface area contributed by atoms with Crippen LogP contribution < -0.4 is 10.1 Å². The van der Waals surface area contributed by atoms with Gasteiger partial charge in [-0.2, -0.15) is 5.10 Å². The standard InChI is InChI=1S/C15H20ClN3O2/c1-11-12(8-18-19(11)2)10-21-15-5-3-13(4-6-15)17-9-14(20)7-16/h3-6,8,14,17,20H,7,9-10H2,1-2H3. The summed E-state index contributed by atoms with van der Waals surface area (Å²) in [6.45, 7) is 2.94. The molecule has 0 fully saturated rings. The Morgan fingerprint density at radius 2 is 2.10 bits per heavy atom. The summed E-state index contributed by atoms with van der Waals surface area (Å²) in [5.41, 5.74) is 3.09. The molecule has 0 amide bonds. The van der Waals surface area contributed by atoms with Crippen molar-refractivity contribution in [2.24, 2.45) is 7.05 Å². The van der Waals surface area contributed by atoms with E-state index in [1.165, 1.54) is 0 Å². The first-order chi connectivity index (χ1) is 10.1. The van der Waals surface area contributed by atoms with Crippen LogP contribution in [0.5, 0.6) is 5.75 Å². The minimum atomic E-state index is -0.545. The number of alkyl halides is 1. The number of hydrogen-bond acceptors (Lipinski definition) is 4. The van der Waals surface area contributed by atoms with Crippen LogP contribution in [-0.2, 0) is 13.7 Å². The molecule has 0 aliphatic rings. The Morgan fingerprint density at radius 1 is 1.38 bits per heavy atom. The van der Waals surface area contributed by atoms with Crippen LogP contribution in [-0.4, -0.2) is 33.4 Å². The van der Waals surface area contributed by atoms with Crippen LogP contribution in [0, 0.1) is 6.92 Å². The fraction of sp³-hybridized carbons (Fsp3) is 0.400. The van der Waals surface area contributed by atoms with Gasteiger partial charge in [0.2, 0.25) is 0 Å². The van der Waals surface area contributed by atoms with Crippen molar-refractivity contribution in [3.05, 3.63) is 41.7 Å². The van der Waals surface area contributed by atoms with E-state index >= 15 is 0 Å². The molecular formula is C15H20ClN3O2. The Kier molecular flexibility index (Phi) is 5.47. The fourth-order valence-corrected chi connectivity index (χ4v) is 1.92. The van der Waals surface area contributed by atoms with Crippen LogP contribution in [0.25, 0.3) is 0 Å². The van der Waals surface area contributed by atoms with Crippen molar-refractivity contribution in [3.63, 3.8) is 0 Å². The average molecular weight is 310 g/mol. The number of anilines is 1. The molecule has 5 nitrogen and oxygen atoms in total. The number of aliphatic hydroxyl groups excluding tert-OH is 1. The van der Waals surface area contributed by atoms with E-state index in [0.717, 1.165) is 22.7 Å². The molecule has 0 radical (unpaired) electrons. The third kappa shape index (κ3) is 4.37. The van der Waals surface area contributed by atoms with E-state index in [1.54, 1.807) is 0 Å². The van der Waals surface area contributed by atoms with Crippen LogP contribution in [0.15, 0.2) is 30.5 Å². The summed E-state index contributed by atoms with van der Waals surface area (Å²) in [6.07, 6.45) is 1.27. The van der Waals surface area contributed by atoms with E-state index in [1.807, 2.05) is 49.1 Å². The lowest BCUT2D eigenvalue weighted by atomic mass is 10.2. The normalized spacial score (nSPS) is 12.2. The van der Waals surface area contributed by atoms with Gasteiger partial charge < -0.3 is 15.2 Å². The number of aromatic nitrogens is 2. The third-order valence-electron chi connectivity index (χ3n) is 3.31. The topological polar surface area (TPSA) is 59.3 Å². The Bertz CT molecular complexity index is 569. The Morgan fingerprint density at radius 3 is 2.67 bits per heavy atom. The van der Waals surface area contributed by atoms with Crippen molar-refractivity contribution in [2.45, 2.75) is 19.6 Å². The number of nitrogens with zero attached hydrogens (tertiary/aromatic N) is 2. The smallest absolute Gasteiger partial charge is 0.119 e. The predicted octanol–water partition coefficient (Wildman–Crippen LogP) is 2.32. The summed E-state index contributed by atoms with van der Waals surface area (Å²) in [5, 5.41) is 16.7. The van der Waals surface area contributed by atoms with Crippen LogP contribution in [0.1, 0.15) is 11.3 Å². The molecular weight excluding hydrogens is 290 g/mol. The molecule has 0 spiro atoms. The molecule has 1 atom stereocenters. The lowest BCUT2D eigenvalue weighted by molar-refractivity contribution is 0.211. The highest BCUT2D eigenvalue weighted by Gasteiger charge is 2.05. The van der Waals surface area contributed by atoms with E-state index < -0.39 is 6.10 Å². The van der Waals surface area contributed by atoms with Crippen LogP contribution in [0.4, 0.5) is 5.69 Å². The molecule has 1 heterocycles. The summed E-state index contributed by atoms with van der Waals surface area (Å²) in [6, 6.07) is 7.60. The Labute approximate surface area is 129 Å². The van der Waals surface area contributed by atoms with Crippen molar-refractivity contribution in [1.29, 1.82) is 0 Å². The van der Waals surface area contributed by atoms with Crippen molar-refractivity contribution >= 4 is 17.3 Å². The molecule has 0 saturated heterocycles. The molecule has 1 aromatic heterocycles. The van der Waals surface area contributed by atoms with Crippen LogP contribution >= 0.6 is 11.6 Å². The summed E-state index contributed by atoms with van der Waals surface area (Å²) in [4.78, 5) is 0. The molecule has 2 aromatic rings. The Hall–Kier alpha value is -1.72. The molecule has 6 heteroatoms. The first-order valence-corrected chi connectivity index (χ1v) is 7.32. The lowest BCUT2D eigenvalue weighted by Crippen LogP contribution is -2.20. The van der Waals surface area contributed by atoms with E-state index in [2.05, 4.69) is 10.4 Å². The number of aryl methyl sites for hydroxylation is 1. The first kappa shape index (κ1) is 15.7. The minimum Gasteiger partial charge on any atom is -0.489 e. The van der Waals surface area contributed by atoms with Gasteiger partial charge in [-0.05, 0) is 31.2 Å². The van der Waals surface area contributed by atoms with E-state index in [4.69, 9.17) is 16.3 Å². The summed E-state index contributed by atoms with van der Waals surface area (Å²) in [7, 11) is 1.91. The summed E-state index contributed by atoms with van der Waals surface area (Å²) < 4.78 is 7.56. The van der Waals surface area contributed by atoms with Crippen molar-refractivity contribution < 1.29 is 9.84 Å². The van der Waals surface area contributed by atoms with E-state index in [9.17, 15) is 5.11 Å². The lowest BCUT2D eigenvalue weighted by Gasteiger charge is -2.11. The van der Waals surface area contributed by atoms with E-state index in [-0.39, 0.29) is 5.88 Å². The van der Waals surface area contributed by atoms with Gasteiger partial charge in [0.25, 0.3) is 0 Å². The molecule has 114 valence electrons. The zero-order valence-corrected chi connectivity index (χ0v) is 13.0. The van der Waals surface area contributed by atoms with Crippen molar-refractivity contribution in [3.8, 4) is 5.75 Å². The molecule has 21 heavy (non-hydrogen) atoms. The third-order valence-corrected chi connectivity index (χ3v) is 3.66. The average Bonchev–Trinajstić information content (AvgIpc) is 2.83. The minimum absolute atomic E-state index is 0.221. The van der Waals surface area contributed by atoms with Gasteiger partial charge in [0, 0.05) is 30.5 Å². The second kappa shape index (κ2) is 7.33. The van der Waals surface area contributed by atoms with Gasteiger partial charge in [0.1, 0.15) is 12.4 Å². The van der Waals surface area contributed by atoms with Gasteiger partial charge in [0.05, 0.1) is 18.2 Å². The van der Waals surface area contributed by atoms with E-state index in [0.29, 0.717) is 13.2 Å². The zero-order valence-electron chi connectivity index (χ0n) is 12.2. The molecule has 0 saturated carbocycles. The number of aliphatic hydroxyl groups is 1. The van der Waals surface area contributed by atoms with Gasteiger partial charge in [-0.3, -0.25) is 4.68 Å². The van der Waals surface area contributed by atoms with Gasteiger partial charge in [-0.25, -0.2) is 0 Å². The van der Waals surface area contributed by atoms with Crippen molar-refractivity contribution in [2.75, 3.05) is 17.7 Å². The molecule has 0 bridgehead atoms. The summed E-state index contributed by atoms with van der Waals surface area (Å²) >= 11 is 5.54. The van der Waals surface area contributed by atoms with Crippen molar-refractivity contribution in [1.82, 2.24) is 9.78 Å². The summed E-state index contributed by atoms with van der Waals surface area (Å²) in [5.74, 6) is 1.01. The number of rotatable bonds is 7. The maximum Gasteiger partial charge on any atom is 0.119 e.